The van der Waals surface area contributed by atoms with E-state index in [1.54, 1.807) is 12.3 Å². The zero-order valence-corrected chi connectivity index (χ0v) is 25.7. The van der Waals surface area contributed by atoms with Gasteiger partial charge in [-0.2, -0.15) is 0 Å². The fraction of sp³-hybridized carbons (Fsp3) is 0.250. The van der Waals surface area contributed by atoms with Gasteiger partial charge in [0.25, 0.3) is 0 Å². The number of primary amides is 1. The maximum atomic E-state index is 11.3. The van der Waals surface area contributed by atoms with Crippen molar-refractivity contribution in [3.8, 4) is 5.75 Å². The fourth-order valence-electron chi connectivity index (χ4n) is 4.95. The Bertz CT molecular complexity index is 1490. The van der Waals surface area contributed by atoms with Gasteiger partial charge in [-0.25, -0.2) is 0 Å². The number of hydrogen-bond acceptors (Lipinski definition) is 8. The van der Waals surface area contributed by atoms with Gasteiger partial charge in [0.1, 0.15) is 5.75 Å². The van der Waals surface area contributed by atoms with E-state index >= 15 is 0 Å². The van der Waals surface area contributed by atoms with Crippen LogP contribution >= 0.6 is 0 Å². The zero-order valence-electron chi connectivity index (χ0n) is 25.7. The summed E-state index contributed by atoms with van der Waals surface area (Å²) in [5.41, 5.74) is 11.2. The van der Waals surface area contributed by atoms with Crippen molar-refractivity contribution in [1.82, 2.24) is 24.8 Å². The molecule has 0 unspecified atom stereocenters. The molecule has 45 heavy (non-hydrogen) atoms. The SMILES string of the molecule is C=CN=C(C=C)CN(Cc1cc(CN(Cc2ccccn2)Cc2ccccn2)cc(OCCCC(N)=O)c1)Cc1ccccn1. The average Bonchev–Trinajstić information content (AvgIpc) is 3.04. The Morgan fingerprint density at radius 3 is 1.78 bits per heavy atom. The molecule has 0 saturated heterocycles. The molecule has 4 aromatic rings. The van der Waals surface area contributed by atoms with Crippen LogP contribution in [0.3, 0.4) is 0 Å². The summed E-state index contributed by atoms with van der Waals surface area (Å²) in [6.07, 6.45) is 9.55. The van der Waals surface area contributed by atoms with Crippen LogP contribution in [0.1, 0.15) is 41.1 Å². The molecule has 0 atom stereocenters. The molecule has 0 aliphatic heterocycles. The van der Waals surface area contributed by atoms with Crippen LogP contribution in [0.25, 0.3) is 0 Å². The number of carbonyl (C=O) groups excluding carboxylic acids is 1. The lowest BCUT2D eigenvalue weighted by Gasteiger charge is -2.25. The molecule has 1 aromatic carbocycles. The number of aromatic nitrogens is 3. The highest BCUT2D eigenvalue weighted by Crippen LogP contribution is 2.23. The number of carbonyl (C=O) groups is 1. The average molecular weight is 604 g/mol. The van der Waals surface area contributed by atoms with Crippen molar-refractivity contribution in [1.29, 1.82) is 0 Å². The second-order valence-corrected chi connectivity index (χ2v) is 10.7. The van der Waals surface area contributed by atoms with E-state index in [4.69, 9.17) is 10.5 Å². The largest absolute Gasteiger partial charge is 0.494 e. The minimum absolute atomic E-state index is 0.277. The molecule has 0 aliphatic rings. The Balaban J connectivity index is 1.63. The minimum Gasteiger partial charge on any atom is -0.494 e. The first-order valence-corrected chi connectivity index (χ1v) is 15.0. The molecule has 9 heteroatoms. The van der Waals surface area contributed by atoms with Crippen LogP contribution in [-0.4, -0.2) is 49.5 Å². The van der Waals surface area contributed by atoms with Gasteiger partial charge in [-0.15, -0.1) is 0 Å². The third kappa shape index (κ3) is 11.9. The highest BCUT2D eigenvalue weighted by molar-refractivity contribution is 5.96. The van der Waals surface area contributed by atoms with Gasteiger partial charge in [0.15, 0.2) is 0 Å². The van der Waals surface area contributed by atoms with E-state index in [0.717, 1.165) is 39.7 Å². The van der Waals surface area contributed by atoms with E-state index in [1.807, 2.05) is 67.0 Å². The molecule has 9 nitrogen and oxygen atoms in total. The maximum absolute atomic E-state index is 11.3. The molecule has 0 radical (unpaired) electrons. The lowest BCUT2D eigenvalue weighted by Crippen LogP contribution is -2.29. The van der Waals surface area contributed by atoms with Gasteiger partial charge >= 0.3 is 0 Å². The number of amides is 1. The van der Waals surface area contributed by atoms with Gasteiger partial charge in [-0.05, 0) is 72.2 Å². The number of rotatable bonds is 19. The topological polar surface area (TPSA) is 110 Å². The fourth-order valence-corrected chi connectivity index (χ4v) is 4.95. The summed E-state index contributed by atoms with van der Waals surface area (Å²) in [5.74, 6) is 0.404. The van der Waals surface area contributed by atoms with E-state index in [2.05, 4.69) is 61.1 Å². The van der Waals surface area contributed by atoms with E-state index in [1.165, 1.54) is 6.20 Å². The Labute approximate surface area is 265 Å². The van der Waals surface area contributed by atoms with Crippen LogP contribution in [-0.2, 0) is 37.5 Å². The molecule has 0 bridgehead atoms. The number of benzene rings is 1. The molecular weight excluding hydrogens is 562 g/mol. The highest BCUT2D eigenvalue weighted by atomic mass is 16.5. The normalized spacial score (nSPS) is 11.5. The Kier molecular flexibility index (Phi) is 13.1. The Morgan fingerprint density at radius 1 is 0.778 bits per heavy atom. The van der Waals surface area contributed by atoms with Gasteiger partial charge in [0, 0.05) is 70.5 Å². The number of aliphatic imine (C=N–C) groups is 1. The smallest absolute Gasteiger partial charge is 0.217 e. The van der Waals surface area contributed by atoms with Crippen LogP contribution in [0.2, 0.25) is 0 Å². The number of hydrogen-bond donors (Lipinski definition) is 1. The van der Waals surface area contributed by atoms with E-state index < -0.39 is 0 Å². The summed E-state index contributed by atoms with van der Waals surface area (Å²) in [6, 6.07) is 24.2. The standard InChI is InChI=1S/C36H41N7O2/c1-3-31(38-4-2)25-42(26-32-12-5-8-16-39-32)23-29-20-30(22-35(21-29)45-19-11-15-36(37)44)24-43(27-33-13-6-9-17-40-33)28-34-14-7-10-18-41-34/h3-10,12-14,16-18,20-22H,1-2,11,15,19,23-28H2,(H2,37,44). The van der Waals surface area contributed by atoms with Crippen molar-refractivity contribution in [2.75, 3.05) is 13.2 Å². The number of ether oxygens (including phenoxy) is 1. The molecule has 0 fully saturated rings. The quantitative estimate of drug-likeness (QED) is 0.111. The third-order valence-electron chi connectivity index (χ3n) is 6.89. The Morgan fingerprint density at radius 2 is 1.31 bits per heavy atom. The van der Waals surface area contributed by atoms with Crippen molar-refractivity contribution >= 4 is 11.6 Å². The van der Waals surface area contributed by atoms with Crippen molar-refractivity contribution in [2.45, 2.75) is 45.6 Å². The summed E-state index contributed by atoms with van der Waals surface area (Å²) in [7, 11) is 0. The van der Waals surface area contributed by atoms with Gasteiger partial charge in [0.05, 0.1) is 29.4 Å². The second kappa shape index (κ2) is 18.0. The molecule has 3 aromatic heterocycles. The zero-order chi connectivity index (χ0) is 31.7. The van der Waals surface area contributed by atoms with Crippen molar-refractivity contribution < 1.29 is 9.53 Å². The molecule has 2 N–H and O–H groups in total. The summed E-state index contributed by atoms with van der Waals surface area (Å²) >= 11 is 0. The lowest BCUT2D eigenvalue weighted by molar-refractivity contribution is -0.118. The second-order valence-electron chi connectivity index (χ2n) is 10.7. The molecule has 1 amide bonds. The predicted octanol–water partition coefficient (Wildman–Crippen LogP) is 5.49. The molecule has 0 saturated carbocycles. The first-order valence-electron chi connectivity index (χ1n) is 15.0. The summed E-state index contributed by atoms with van der Waals surface area (Å²) in [6.45, 7) is 11.9. The van der Waals surface area contributed by atoms with Crippen LogP contribution in [0.15, 0.2) is 122 Å². The van der Waals surface area contributed by atoms with Crippen LogP contribution in [0.5, 0.6) is 5.75 Å². The monoisotopic (exact) mass is 603 g/mol. The lowest BCUT2D eigenvalue weighted by atomic mass is 10.1. The van der Waals surface area contributed by atoms with Gasteiger partial charge in [0.2, 0.25) is 5.91 Å². The first kappa shape index (κ1) is 32.9. The van der Waals surface area contributed by atoms with Gasteiger partial charge < -0.3 is 10.5 Å². The minimum atomic E-state index is -0.336. The van der Waals surface area contributed by atoms with E-state index in [-0.39, 0.29) is 12.3 Å². The summed E-state index contributed by atoms with van der Waals surface area (Å²) in [4.78, 5) is 34.0. The first-order chi connectivity index (χ1) is 22.0. The molecule has 4 rings (SSSR count). The summed E-state index contributed by atoms with van der Waals surface area (Å²) < 4.78 is 6.16. The van der Waals surface area contributed by atoms with E-state index in [9.17, 15) is 4.79 Å². The molecular formula is C36H41N7O2. The van der Waals surface area contributed by atoms with Gasteiger partial charge in [-0.3, -0.25) is 34.5 Å². The van der Waals surface area contributed by atoms with Crippen molar-refractivity contribution in [3.05, 3.63) is 145 Å². The number of nitrogens with zero attached hydrogens (tertiary/aromatic N) is 6. The van der Waals surface area contributed by atoms with Crippen molar-refractivity contribution in [3.63, 3.8) is 0 Å². The number of pyridine rings is 3. The van der Waals surface area contributed by atoms with Gasteiger partial charge in [-0.1, -0.05) is 37.4 Å². The molecule has 232 valence electrons. The van der Waals surface area contributed by atoms with Crippen LogP contribution in [0.4, 0.5) is 0 Å². The maximum Gasteiger partial charge on any atom is 0.217 e. The molecule has 3 heterocycles. The van der Waals surface area contributed by atoms with E-state index in [0.29, 0.717) is 52.3 Å². The van der Waals surface area contributed by atoms with Crippen LogP contribution in [0, 0.1) is 0 Å². The third-order valence-corrected chi connectivity index (χ3v) is 6.89. The predicted molar refractivity (Wildman–Crippen MR) is 178 cm³/mol. The Hall–Kier alpha value is -4.99. The van der Waals surface area contributed by atoms with Crippen molar-refractivity contribution in [2.24, 2.45) is 10.7 Å². The molecule has 0 spiro atoms. The number of nitrogens with two attached hydrogens (primary N) is 1. The summed E-state index contributed by atoms with van der Waals surface area (Å²) in [5, 5.41) is 0. The highest BCUT2D eigenvalue weighted by Gasteiger charge is 2.15. The molecule has 0 aliphatic carbocycles. The van der Waals surface area contributed by atoms with Crippen LogP contribution < -0.4 is 10.5 Å².